The van der Waals surface area contributed by atoms with Crippen molar-refractivity contribution < 1.29 is 14.3 Å². The molecule has 0 spiro atoms. The summed E-state index contributed by atoms with van der Waals surface area (Å²) >= 11 is 0. The van der Waals surface area contributed by atoms with Crippen molar-refractivity contribution in [1.29, 1.82) is 0 Å². The third-order valence-corrected chi connectivity index (χ3v) is 4.81. The zero-order chi connectivity index (χ0) is 22.5. The number of aromatic nitrogens is 3. The van der Waals surface area contributed by atoms with Crippen LogP contribution in [-0.4, -0.2) is 33.0 Å². The number of amides is 1. The van der Waals surface area contributed by atoms with Gasteiger partial charge in [-0.1, -0.05) is 48.5 Å². The van der Waals surface area contributed by atoms with Gasteiger partial charge in [-0.15, -0.1) is 6.58 Å². The average molecular weight is 426 g/mol. The molecule has 7 heteroatoms. The highest BCUT2D eigenvalue weighted by Crippen LogP contribution is 2.30. The van der Waals surface area contributed by atoms with Crippen LogP contribution in [0.25, 0.3) is 28.3 Å². The number of benzene rings is 2. The van der Waals surface area contributed by atoms with Crippen molar-refractivity contribution >= 4 is 46.0 Å². The number of nitrogens with one attached hydrogen (secondary N) is 1. The summed E-state index contributed by atoms with van der Waals surface area (Å²) in [5.41, 5.74) is 3.21. The second-order valence-corrected chi connectivity index (χ2v) is 6.96. The second kappa shape index (κ2) is 9.26. The molecule has 4 aromatic rings. The molecule has 2 heterocycles. The molecule has 0 saturated heterocycles. The summed E-state index contributed by atoms with van der Waals surface area (Å²) in [6.45, 7) is 6.04. The molecule has 2 aromatic heterocycles. The Morgan fingerprint density at radius 1 is 1.06 bits per heavy atom. The number of nitrogens with zero attached hydrogens (tertiary/aromatic N) is 3. The Bertz CT molecular complexity index is 1340. The van der Waals surface area contributed by atoms with Crippen LogP contribution in [0, 0.1) is 0 Å². The van der Waals surface area contributed by atoms with Gasteiger partial charge in [-0.05, 0) is 30.7 Å². The van der Waals surface area contributed by atoms with Crippen LogP contribution in [0.15, 0.2) is 73.3 Å². The number of carbonyl (C=O) groups excluding carboxylic acids is 2. The summed E-state index contributed by atoms with van der Waals surface area (Å²) in [6.07, 6.45) is 4.78. The fraction of sp³-hybridized carbons (Fsp3) is 0.120. The molecule has 0 fully saturated rings. The quantitative estimate of drug-likeness (QED) is 0.265. The van der Waals surface area contributed by atoms with Crippen LogP contribution in [0.1, 0.15) is 22.8 Å². The van der Waals surface area contributed by atoms with Crippen molar-refractivity contribution in [3.8, 4) is 0 Å². The zero-order valence-corrected chi connectivity index (χ0v) is 17.6. The van der Waals surface area contributed by atoms with Gasteiger partial charge in [0.15, 0.2) is 5.65 Å². The minimum Gasteiger partial charge on any atom is -0.462 e. The van der Waals surface area contributed by atoms with Crippen molar-refractivity contribution in [3.05, 3.63) is 84.5 Å². The standard InChI is InChI=1S/C25H22N4O3/c1-3-16-29-23(28-20(30)15-14-17-10-6-5-7-11-17)21(25(31)32-4-2)22-24(29)27-19-13-9-8-12-18(19)26-22/h3,5-15H,1,4,16H2,2H3,(H,28,30). The van der Waals surface area contributed by atoms with E-state index in [-0.39, 0.29) is 18.0 Å². The number of hydrogen-bond acceptors (Lipinski definition) is 5. The molecular formula is C25H22N4O3. The molecule has 4 rings (SSSR count). The number of para-hydroxylation sites is 2. The Morgan fingerprint density at radius 3 is 2.44 bits per heavy atom. The SMILES string of the molecule is C=CCn1c(NC(=O)C=Cc2ccccc2)c(C(=O)OCC)c2nc3ccccc3nc21. The summed E-state index contributed by atoms with van der Waals surface area (Å²) in [5, 5.41) is 2.83. The minimum absolute atomic E-state index is 0.170. The van der Waals surface area contributed by atoms with Gasteiger partial charge in [0, 0.05) is 12.6 Å². The van der Waals surface area contributed by atoms with Crippen molar-refractivity contribution in [2.45, 2.75) is 13.5 Å². The molecule has 0 aliphatic rings. The number of fused-ring (bicyclic) bond motifs is 2. The third-order valence-electron chi connectivity index (χ3n) is 4.81. The normalized spacial score (nSPS) is 11.2. The van der Waals surface area contributed by atoms with Gasteiger partial charge in [0.2, 0.25) is 5.91 Å². The Balaban J connectivity index is 1.85. The lowest BCUT2D eigenvalue weighted by molar-refractivity contribution is -0.111. The first kappa shape index (κ1) is 21.0. The van der Waals surface area contributed by atoms with E-state index < -0.39 is 11.9 Å². The number of allylic oxidation sites excluding steroid dienone is 1. The van der Waals surface area contributed by atoms with Crippen LogP contribution >= 0.6 is 0 Å². The lowest BCUT2D eigenvalue weighted by atomic mass is 10.2. The number of anilines is 1. The van der Waals surface area contributed by atoms with E-state index in [1.54, 1.807) is 23.6 Å². The topological polar surface area (TPSA) is 86.1 Å². The first-order valence-electron chi connectivity index (χ1n) is 10.2. The first-order chi connectivity index (χ1) is 15.6. The molecule has 32 heavy (non-hydrogen) atoms. The van der Waals surface area contributed by atoms with Crippen molar-refractivity contribution in [1.82, 2.24) is 14.5 Å². The molecule has 160 valence electrons. The fourth-order valence-corrected chi connectivity index (χ4v) is 3.43. The number of carbonyl (C=O) groups is 2. The molecule has 0 saturated carbocycles. The van der Waals surface area contributed by atoms with Gasteiger partial charge in [0.05, 0.1) is 17.6 Å². The van der Waals surface area contributed by atoms with E-state index in [1.807, 2.05) is 54.6 Å². The Kier molecular flexibility index (Phi) is 6.07. The molecule has 7 nitrogen and oxygen atoms in total. The largest absolute Gasteiger partial charge is 0.462 e. The van der Waals surface area contributed by atoms with Gasteiger partial charge < -0.3 is 14.6 Å². The molecule has 0 aliphatic carbocycles. The van der Waals surface area contributed by atoms with Crippen LogP contribution in [-0.2, 0) is 16.1 Å². The van der Waals surface area contributed by atoms with E-state index in [4.69, 9.17) is 9.72 Å². The van der Waals surface area contributed by atoms with Gasteiger partial charge in [-0.3, -0.25) is 4.79 Å². The molecule has 1 amide bonds. The van der Waals surface area contributed by atoms with Crippen LogP contribution in [0.3, 0.4) is 0 Å². The fourth-order valence-electron chi connectivity index (χ4n) is 3.43. The number of esters is 1. The van der Waals surface area contributed by atoms with E-state index in [2.05, 4.69) is 16.9 Å². The first-order valence-corrected chi connectivity index (χ1v) is 10.2. The van der Waals surface area contributed by atoms with Gasteiger partial charge in [-0.2, -0.15) is 0 Å². The van der Waals surface area contributed by atoms with E-state index in [0.717, 1.165) is 5.56 Å². The van der Waals surface area contributed by atoms with E-state index in [1.165, 1.54) is 6.08 Å². The molecule has 2 aromatic carbocycles. The highest BCUT2D eigenvalue weighted by molar-refractivity contribution is 6.13. The molecule has 0 bridgehead atoms. The molecular weight excluding hydrogens is 404 g/mol. The van der Waals surface area contributed by atoms with Crippen LogP contribution in [0.5, 0.6) is 0 Å². The minimum atomic E-state index is -0.577. The van der Waals surface area contributed by atoms with Gasteiger partial charge in [0.25, 0.3) is 0 Å². The maximum absolute atomic E-state index is 12.9. The summed E-state index contributed by atoms with van der Waals surface area (Å²) < 4.78 is 6.99. The molecule has 0 radical (unpaired) electrons. The van der Waals surface area contributed by atoms with Crippen LogP contribution in [0.4, 0.5) is 5.82 Å². The number of hydrogen-bond donors (Lipinski definition) is 1. The summed E-state index contributed by atoms with van der Waals surface area (Å²) in [6, 6.07) is 16.9. The summed E-state index contributed by atoms with van der Waals surface area (Å²) in [4.78, 5) is 35.0. The van der Waals surface area contributed by atoms with E-state index >= 15 is 0 Å². The van der Waals surface area contributed by atoms with Crippen molar-refractivity contribution in [3.63, 3.8) is 0 Å². The van der Waals surface area contributed by atoms with E-state index in [0.29, 0.717) is 28.7 Å². The highest BCUT2D eigenvalue weighted by Gasteiger charge is 2.27. The Hall–Kier alpha value is -4.26. The lowest BCUT2D eigenvalue weighted by Crippen LogP contribution is -2.16. The monoisotopic (exact) mass is 426 g/mol. The van der Waals surface area contributed by atoms with E-state index in [9.17, 15) is 9.59 Å². The zero-order valence-electron chi connectivity index (χ0n) is 17.6. The Morgan fingerprint density at radius 2 is 1.75 bits per heavy atom. The maximum Gasteiger partial charge on any atom is 0.344 e. The predicted molar refractivity (Wildman–Crippen MR) is 125 cm³/mol. The predicted octanol–water partition coefficient (Wildman–Crippen LogP) is 4.60. The molecule has 0 atom stereocenters. The molecule has 0 unspecified atom stereocenters. The average Bonchev–Trinajstić information content (AvgIpc) is 3.09. The Labute approximate surface area is 185 Å². The van der Waals surface area contributed by atoms with Crippen molar-refractivity contribution in [2.75, 3.05) is 11.9 Å². The smallest absolute Gasteiger partial charge is 0.344 e. The van der Waals surface area contributed by atoms with Gasteiger partial charge in [0.1, 0.15) is 16.9 Å². The third kappa shape index (κ3) is 4.13. The maximum atomic E-state index is 12.9. The number of ether oxygens (including phenoxy) is 1. The molecule has 1 N–H and O–H groups in total. The lowest BCUT2D eigenvalue weighted by Gasteiger charge is -2.10. The highest BCUT2D eigenvalue weighted by atomic mass is 16.5. The molecule has 0 aliphatic heterocycles. The second-order valence-electron chi connectivity index (χ2n) is 6.96. The van der Waals surface area contributed by atoms with Crippen molar-refractivity contribution in [2.24, 2.45) is 0 Å². The van der Waals surface area contributed by atoms with Gasteiger partial charge in [-0.25, -0.2) is 14.8 Å². The van der Waals surface area contributed by atoms with Crippen LogP contribution < -0.4 is 5.32 Å². The summed E-state index contributed by atoms with van der Waals surface area (Å²) in [7, 11) is 0. The van der Waals surface area contributed by atoms with Gasteiger partial charge >= 0.3 is 5.97 Å². The summed E-state index contributed by atoms with van der Waals surface area (Å²) in [5.74, 6) is -0.694. The number of rotatable bonds is 7. The van der Waals surface area contributed by atoms with Crippen LogP contribution in [0.2, 0.25) is 0 Å².